The zero-order valence-corrected chi connectivity index (χ0v) is 14.9. The third-order valence-electron chi connectivity index (χ3n) is 5.43. The lowest BCUT2D eigenvalue weighted by molar-refractivity contribution is -0.136. The van der Waals surface area contributed by atoms with Crippen LogP contribution >= 0.6 is 12.4 Å². The number of carbonyl (C=O) groups is 2. The van der Waals surface area contributed by atoms with Crippen molar-refractivity contribution in [2.75, 3.05) is 13.1 Å². The maximum absolute atomic E-state index is 12.6. The van der Waals surface area contributed by atoms with E-state index in [0.717, 1.165) is 38.6 Å². The fourth-order valence-corrected chi connectivity index (χ4v) is 4.28. The van der Waals surface area contributed by atoms with Gasteiger partial charge in [0, 0.05) is 37.6 Å². The summed E-state index contributed by atoms with van der Waals surface area (Å²) >= 11 is 0. The molecule has 3 saturated heterocycles. The third-order valence-corrected chi connectivity index (χ3v) is 5.43. The number of nitrogens with zero attached hydrogens (tertiary/aromatic N) is 1. The molecular formula is C17H30ClN3O2. The molecule has 0 radical (unpaired) electrons. The van der Waals surface area contributed by atoms with E-state index in [-0.39, 0.29) is 30.1 Å². The molecule has 3 aliphatic heterocycles. The van der Waals surface area contributed by atoms with Gasteiger partial charge in [-0.05, 0) is 44.9 Å². The van der Waals surface area contributed by atoms with Crippen LogP contribution in [0, 0.1) is 5.92 Å². The third kappa shape index (κ3) is 4.60. The minimum Gasteiger partial charge on any atom is -0.353 e. The average Bonchev–Trinajstić information content (AvgIpc) is 2.86. The van der Waals surface area contributed by atoms with Crippen molar-refractivity contribution >= 4 is 24.2 Å². The summed E-state index contributed by atoms with van der Waals surface area (Å²) < 4.78 is 0. The molecule has 3 heterocycles. The summed E-state index contributed by atoms with van der Waals surface area (Å²) in [7, 11) is 0. The molecule has 0 aliphatic carbocycles. The Morgan fingerprint density at radius 2 is 1.87 bits per heavy atom. The molecule has 0 spiro atoms. The molecule has 3 atom stereocenters. The first kappa shape index (κ1) is 18.5. The number of rotatable bonds is 4. The topological polar surface area (TPSA) is 61.4 Å². The van der Waals surface area contributed by atoms with Gasteiger partial charge < -0.3 is 15.5 Å². The molecular weight excluding hydrogens is 314 g/mol. The second-order valence-electron chi connectivity index (χ2n) is 7.24. The van der Waals surface area contributed by atoms with Crippen molar-refractivity contribution in [3.8, 4) is 0 Å². The summed E-state index contributed by atoms with van der Waals surface area (Å²) in [4.78, 5) is 26.5. The second kappa shape index (κ2) is 8.34. The van der Waals surface area contributed by atoms with Gasteiger partial charge in [0.05, 0.1) is 5.92 Å². The fourth-order valence-electron chi connectivity index (χ4n) is 4.28. The molecule has 2 bridgehead atoms. The number of piperidine rings is 2. The van der Waals surface area contributed by atoms with E-state index in [1.54, 1.807) is 0 Å². The van der Waals surface area contributed by atoms with E-state index in [1.807, 2.05) is 11.8 Å². The van der Waals surface area contributed by atoms with Crippen molar-refractivity contribution in [1.82, 2.24) is 15.5 Å². The molecule has 23 heavy (non-hydrogen) atoms. The molecule has 3 unspecified atom stereocenters. The zero-order chi connectivity index (χ0) is 15.5. The van der Waals surface area contributed by atoms with E-state index in [4.69, 9.17) is 0 Å². The Morgan fingerprint density at radius 1 is 1.17 bits per heavy atom. The van der Waals surface area contributed by atoms with Crippen LogP contribution in [-0.2, 0) is 9.59 Å². The number of carbonyl (C=O) groups excluding carboxylic acids is 2. The summed E-state index contributed by atoms with van der Waals surface area (Å²) in [6, 6.07) is 1.52. The highest BCUT2D eigenvalue weighted by Gasteiger charge is 2.35. The first-order valence-electron chi connectivity index (χ1n) is 9.00. The minimum atomic E-state index is -0.0119. The van der Waals surface area contributed by atoms with Crippen molar-refractivity contribution in [1.29, 1.82) is 0 Å². The van der Waals surface area contributed by atoms with E-state index in [0.29, 0.717) is 31.1 Å². The van der Waals surface area contributed by atoms with Crippen LogP contribution in [0.2, 0.25) is 0 Å². The van der Waals surface area contributed by atoms with Gasteiger partial charge in [0.25, 0.3) is 0 Å². The van der Waals surface area contributed by atoms with Gasteiger partial charge in [-0.1, -0.05) is 6.92 Å². The summed E-state index contributed by atoms with van der Waals surface area (Å²) in [5, 5.41) is 6.87. The standard InChI is InChI=1S/C17H29N3O2.ClH/c1-2-4-16(21)20-8-3-5-12(11-20)17(22)19-15-9-13-6-7-14(10-15)18-13;/h12-15,18H,2-11H2,1H3,(H,19,22);1H. The van der Waals surface area contributed by atoms with Crippen molar-refractivity contribution < 1.29 is 9.59 Å². The number of fused-ring (bicyclic) bond motifs is 2. The summed E-state index contributed by atoms with van der Waals surface area (Å²) in [6.07, 6.45) is 7.97. The van der Waals surface area contributed by atoms with Gasteiger partial charge in [-0.3, -0.25) is 9.59 Å². The van der Waals surface area contributed by atoms with Crippen LogP contribution in [0.4, 0.5) is 0 Å². The van der Waals surface area contributed by atoms with Crippen LogP contribution in [0.15, 0.2) is 0 Å². The highest BCUT2D eigenvalue weighted by molar-refractivity contribution is 5.85. The molecule has 6 heteroatoms. The monoisotopic (exact) mass is 343 g/mol. The van der Waals surface area contributed by atoms with Crippen LogP contribution in [-0.4, -0.2) is 47.9 Å². The number of nitrogens with one attached hydrogen (secondary N) is 2. The van der Waals surface area contributed by atoms with E-state index < -0.39 is 0 Å². The van der Waals surface area contributed by atoms with E-state index in [9.17, 15) is 9.59 Å². The van der Waals surface area contributed by atoms with Gasteiger partial charge in [0.1, 0.15) is 0 Å². The molecule has 3 aliphatic rings. The molecule has 3 rings (SSSR count). The van der Waals surface area contributed by atoms with Crippen molar-refractivity contribution in [3.63, 3.8) is 0 Å². The van der Waals surface area contributed by atoms with Gasteiger partial charge in [-0.25, -0.2) is 0 Å². The summed E-state index contributed by atoms with van der Waals surface area (Å²) in [5.74, 6) is 0.363. The Bertz CT molecular complexity index is 420. The summed E-state index contributed by atoms with van der Waals surface area (Å²) in [5.41, 5.74) is 0. The van der Waals surface area contributed by atoms with Crippen molar-refractivity contribution in [2.45, 2.75) is 76.4 Å². The first-order chi connectivity index (χ1) is 10.7. The molecule has 0 aromatic carbocycles. The van der Waals surface area contributed by atoms with E-state index in [2.05, 4.69) is 10.6 Å². The minimum absolute atomic E-state index is 0. The normalized spacial score (nSPS) is 33.0. The smallest absolute Gasteiger partial charge is 0.225 e. The highest BCUT2D eigenvalue weighted by atomic mass is 35.5. The Labute approximate surface area is 145 Å². The van der Waals surface area contributed by atoms with Crippen molar-refractivity contribution in [2.24, 2.45) is 5.92 Å². The lowest BCUT2D eigenvalue weighted by Gasteiger charge is -2.34. The maximum atomic E-state index is 12.6. The van der Waals surface area contributed by atoms with Gasteiger partial charge in [-0.15, -0.1) is 12.4 Å². The maximum Gasteiger partial charge on any atom is 0.225 e. The molecule has 2 N–H and O–H groups in total. The predicted molar refractivity (Wildman–Crippen MR) is 92.6 cm³/mol. The highest BCUT2D eigenvalue weighted by Crippen LogP contribution is 2.27. The lowest BCUT2D eigenvalue weighted by Crippen LogP contribution is -2.51. The molecule has 0 saturated carbocycles. The molecule has 132 valence electrons. The molecule has 2 amide bonds. The van der Waals surface area contributed by atoms with E-state index in [1.165, 1.54) is 12.8 Å². The Balaban J connectivity index is 0.00000192. The number of hydrogen-bond acceptors (Lipinski definition) is 3. The number of halogens is 1. The van der Waals surface area contributed by atoms with Crippen LogP contribution in [0.5, 0.6) is 0 Å². The van der Waals surface area contributed by atoms with Crippen LogP contribution in [0.1, 0.15) is 58.3 Å². The van der Waals surface area contributed by atoms with Gasteiger partial charge in [0.2, 0.25) is 11.8 Å². The van der Waals surface area contributed by atoms with Gasteiger partial charge in [0.15, 0.2) is 0 Å². The fraction of sp³-hybridized carbons (Fsp3) is 0.882. The van der Waals surface area contributed by atoms with Crippen molar-refractivity contribution in [3.05, 3.63) is 0 Å². The SMILES string of the molecule is CCCC(=O)N1CCCC(C(=O)NC2CC3CCC(C2)N3)C1.Cl. The summed E-state index contributed by atoms with van der Waals surface area (Å²) in [6.45, 7) is 3.46. The molecule has 3 fully saturated rings. The molecule has 5 nitrogen and oxygen atoms in total. The predicted octanol–water partition coefficient (Wildman–Crippen LogP) is 1.85. The van der Waals surface area contributed by atoms with Gasteiger partial charge >= 0.3 is 0 Å². The van der Waals surface area contributed by atoms with Crippen LogP contribution < -0.4 is 10.6 Å². The quantitative estimate of drug-likeness (QED) is 0.819. The molecule has 0 aromatic heterocycles. The number of amides is 2. The zero-order valence-electron chi connectivity index (χ0n) is 14.1. The Kier molecular flexibility index (Phi) is 6.72. The van der Waals surface area contributed by atoms with E-state index >= 15 is 0 Å². The van der Waals surface area contributed by atoms with Gasteiger partial charge in [-0.2, -0.15) is 0 Å². The Hall–Kier alpha value is -0.810. The van der Waals surface area contributed by atoms with Crippen LogP contribution in [0.3, 0.4) is 0 Å². The average molecular weight is 344 g/mol. The first-order valence-corrected chi connectivity index (χ1v) is 9.00. The number of hydrogen-bond donors (Lipinski definition) is 2. The number of likely N-dealkylation sites (tertiary alicyclic amines) is 1. The largest absolute Gasteiger partial charge is 0.353 e. The molecule has 0 aromatic rings. The lowest BCUT2D eigenvalue weighted by atomic mass is 9.94. The van der Waals surface area contributed by atoms with Crippen LogP contribution in [0.25, 0.3) is 0 Å². The Morgan fingerprint density at radius 3 is 2.52 bits per heavy atom. The second-order valence-corrected chi connectivity index (χ2v) is 7.24.